The van der Waals surface area contributed by atoms with Gasteiger partial charge in [-0.15, -0.1) is 0 Å². The number of carbonyl (C=O) groups excluding carboxylic acids is 2. The van der Waals surface area contributed by atoms with Gasteiger partial charge in [-0.1, -0.05) is 0 Å². The standard InChI is InChI=1S/C20H26FN3O3/c1-5-27-20(26)17-12-18(15-6-8-16(21)9-7-15)24(14(17)2)13-19(25)22-10-11-23(3)4/h6-9,12H,5,10-11,13H2,1-4H3,(H,22,25). The lowest BCUT2D eigenvalue weighted by Gasteiger charge is -2.14. The lowest BCUT2D eigenvalue weighted by Crippen LogP contribution is -2.33. The number of ether oxygens (including phenoxy) is 1. The molecule has 1 amide bonds. The molecule has 2 rings (SSSR count). The SMILES string of the molecule is CCOC(=O)c1cc(-c2ccc(F)cc2)n(CC(=O)NCCN(C)C)c1C. The van der Waals surface area contributed by atoms with Crippen molar-refractivity contribution in [3.63, 3.8) is 0 Å². The summed E-state index contributed by atoms with van der Waals surface area (Å²) < 4.78 is 20.1. The van der Waals surface area contributed by atoms with E-state index < -0.39 is 5.97 Å². The molecule has 7 heteroatoms. The van der Waals surface area contributed by atoms with E-state index in [0.29, 0.717) is 23.5 Å². The molecule has 0 aliphatic heterocycles. The van der Waals surface area contributed by atoms with Crippen LogP contribution in [-0.2, 0) is 16.1 Å². The number of rotatable bonds is 8. The van der Waals surface area contributed by atoms with E-state index in [1.54, 1.807) is 36.6 Å². The summed E-state index contributed by atoms with van der Waals surface area (Å²) in [6.45, 7) is 5.10. The van der Waals surface area contributed by atoms with Gasteiger partial charge in [-0.05, 0) is 63.8 Å². The van der Waals surface area contributed by atoms with E-state index in [2.05, 4.69) is 5.32 Å². The van der Waals surface area contributed by atoms with Gasteiger partial charge < -0.3 is 19.5 Å². The molecule has 6 nitrogen and oxygen atoms in total. The van der Waals surface area contributed by atoms with Gasteiger partial charge in [-0.25, -0.2) is 9.18 Å². The molecule has 1 heterocycles. The van der Waals surface area contributed by atoms with Gasteiger partial charge in [-0.3, -0.25) is 4.79 Å². The third kappa shape index (κ3) is 5.40. The number of hydrogen-bond acceptors (Lipinski definition) is 4. The van der Waals surface area contributed by atoms with Crippen LogP contribution in [0.4, 0.5) is 4.39 Å². The zero-order valence-corrected chi connectivity index (χ0v) is 16.2. The summed E-state index contributed by atoms with van der Waals surface area (Å²) in [4.78, 5) is 26.6. The van der Waals surface area contributed by atoms with Crippen molar-refractivity contribution in [2.75, 3.05) is 33.8 Å². The molecule has 0 spiro atoms. The second-order valence-corrected chi connectivity index (χ2v) is 6.50. The number of aromatic nitrogens is 1. The van der Waals surface area contributed by atoms with Crippen molar-refractivity contribution in [1.82, 2.24) is 14.8 Å². The van der Waals surface area contributed by atoms with E-state index in [0.717, 1.165) is 12.1 Å². The van der Waals surface area contributed by atoms with E-state index >= 15 is 0 Å². The van der Waals surface area contributed by atoms with Crippen LogP contribution >= 0.6 is 0 Å². The van der Waals surface area contributed by atoms with Gasteiger partial charge in [0.15, 0.2) is 0 Å². The maximum absolute atomic E-state index is 13.3. The van der Waals surface area contributed by atoms with Crippen molar-refractivity contribution in [3.05, 3.63) is 47.4 Å². The minimum atomic E-state index is -0.440. The highest BCUT2D eigenvalue weighted by Crippen LogP contribution is 2.27. The average Bonchev–Trinajstić information content (AvgIpc) is 2.92. The first-order chi connectivity index (χ1) is 12.8. The molecule has 0 radical (unpaired) electrons. The van der Waals surface area contributed by atoms with Gasteiger partial charge >= 0.3 is 5.97 Å². The average molecular weight is 375 g/mol. The molecule has 2 aromatic rings. The summed E-state index contributed by atoms with van der Waals surface area (Å²) in [5.74, 6) is -0.944. The number of esters is 1. The fourth-order valence-corrected chi connectivity index (χ4v) is 2.74. The maximum Gasteiger partial charge on any atom is 0.339 e. The molecule has 0 aliphatic rings. The van der Waals surface area contributed by atoms with Crippen molar-refractivity contribution in [3.8, 4) is 11.3 Å². The summed E-state index contributed by atoms with van der Waals surface area (Å²) in [6, 6.07) is 7.64. The van der Waals surface area contributed by atoms with Crippen LogP contribution in [0.15, 0.2) is 30.3 Å². The number of benzene rings is 1. The molecule has 0 bridgehead atoms. The normalized spacial score (nSPS) is 10.9. The van der Waals surface area contributed by atoms with Gasteiger partial charge in [-0.2, -0.15) is 0 Å². The summed E-state index contributed by atoms with van der Waals surface area (Å²) in [6.07, 6.45) is 0. The molecule has 0 unspecified atom stereocenters. The summed E-state index contributed by atoms with van der Waals surface area (Å²) >= 11 is 0. The van der Waals surface area contributed by atoms with E-state index in [1.165, 1.54) is 12.1 Å². The van der Waals surface area contributed by atoms with Crippen molar-refractivity contribution in [2.24, 2.45) is 0 Å². The molecule has 0 fully saturated rings. The Morgan fingerprint density at radius 1 is 1.22 bits per heavy atom. The highest BCUT2D eigenvalue weighted by Gasteiger charge is 2.21. The number of carbonyl (C=O) groups is 2. The van der Waals surface area contributed by atoms with Crippen LogP contribution in [0.3, 0.4) is 0 Å². The van der Waals surface area contributed by atoms with Gasteiger partial charge in [0, 0.05) is 24.5 Å². The predicted molar refractivity (Wildman–Crippen MR) is 102 cm³/mol. The number of likely N-dealkylation sites (N-methyl/N-ethyl adjacent to an activating group) is 1. The topological polar surface area (TPSA) is 63.6 Å². The Hall–Kier alpha value is -2.67. The van der Waals surface area contributed by atoms with E-state index in [9.17, 15) is 14.0 Å². The summed E-state index contributed by atoms with van der Waals surface area (Å²) in [5, 5.41) is 2.86. The first-order valence-corrected chi connectivity index (χ1v) is 8.88. The second kappa shape index (κ2) is 9.32. The Morgan fingerprint density at radius 2 is 1.89 bits per heavy atom. The number of nitrogens with one attached hydrogen (secondary N) is 1. The summed E-state index contributed by atoms with van der Waals surface area (Å²) in [5.41, 5.74) is 2.42. The Morgan fingerprint density at radius 3 is 2.48 bits per heavy atom. The Labute approximate surface area is 158 Å². The van der Waals surface area contributed by atoms with Gasteiger partial charge in [0.1, 0.15) is 12.4 Å². The second-order valence-electron chi connectivity index (χ2n) is 6.50. The quantitative estimate of drug-likeness (QED) is 0.720. The van der Waals surface area contributed by atoms with Gasteiger partial charge in [0.25, 0.3) is 0 Å². The Balaban J connectivity index is 2.33. The highest BCUT2D eigenvalue weighted by atomic mass is 19.1. The molecule has 1 aromatic carbocycles. The molecular weight excluding hydrogens is 349 g/mol. The van der Waals surface area contributed by atoms with Crippen molar-refractivity contribution >= 4 is 11.9 Å². The van der Waals surface area contributed by atoms with Crippen LogP contribution < -0.4 is 5.32 Å². The van der Waals surface area contributed by atoms with E-state index in [4.69, 9.17) is 4.74 Å². The third-order valence-electron chi connectivity index (χ3n) is 4.18. The first-order valence-electron chi connectivity index (χ1n) is 8.88. The molecule has 146 valence electrons. The predicted octanol–water partition coefficient (Wildman–Crippen LogP) is 2.46. The molecular formula is C20H26FN3O3. The minimum absolute atomic E-state index is 0.0609. The Kier molecular flexibility index (Phi) is 7.12. The first kappa shape index (κ1) is 20.6. The fourth-order valence-electron chi connectivity index (χ4n) is 2.74. The van der Waals surface area contributed by atoms with Crippen LogP contribution in [0, 0.1) is 12.7 Å². The van der Waals surface area contributed by atoms with E-state index in [1.807, 2.05) is 19.0 Å². The molecule has 0 saturated heterocycles. The fraction of sp³-hybridized carbons (Fsp3) is 0.400. The zero-order chi connectivity index (χ0) is 20.0. The molecule has 27 heavy (non-hydrogen) atoms. The Bertz CT molecular complexity index is 798. The van der Waals surface area contributed by atoms with Gasteiger partial charge in [0.2, 0.25) is 5.91 Å². The maximum atomic E-state index is 13.3. The molecule has 0 saturated carbocycles. The molecule has 0 aliphatic carbocycles. The molecule has 1 aromatic heterocycles. The smallest absolute Gasteiger partial charge is 0.339 e. The molecule has 1 N–H and O–H groups in total. The van der Waals surface area contributed by atoms with Crippen LogP contribution in [0.5, 0.6) is 0 Å². The lowest BCUT2D eigenvalue weighted by molar-refractivity contribution is -0.121. The molecule has 0 atom stereocenters. The third-order valence-corrected chi connectivity index (χ3v) is 4.18. The van der Waals surface area contributed by atoms with Crippen molar-refractivity contribution in [2.45, 2.75) is 20.4 Å². The van der Waals surface area contributed by atoms with Crippen LogP contribution in [0.2, 0.25) is 0 Å². The number of amides is 1. The monoisotopic (exact) mass is 375 g/mol. The lowest BCUT2D eigenvalue weighted by atomic mass is 10.1. The van der Waals surface area contributed by atoms with E-state index in [-0.39, 0.29) is 24.9 Å². The minimum Gasteiger partial charge on any atom is -0.462 e. The zero-order valence-electron chi connectivity index (χ0n) is 16.2. The summed E-state index contributed by atoms with van der Waals surface area (Å²) in [7, 11) is 3.86. The van der Waals surface area contributed by atoms with Crippen LogP contribution in [-0.4, -0.2) is 55.1 Å². The van der Waals surface area contributed by atoms with Gasteiger partial charge in [0.05, 0.1) is 12.2 Å². The number of hydrogen-bond donors (Lipinski definition) is 1. The number of nitrogens with zero attached hydrogens (tertiary/aromatic N) is 2. The van der Waals surface area contributed by atoms with Crippen LogP contribution in [0.1, 0.15) is 23.0 Å². The van der Waals surface area contributed by atoms with Crippen LogP contribution in [0.25, 0.3) is 11.3 Å². The van der Waals surface area contributed by atoms with Crippen molar-refractivity contribution in [1.29, 1.82) is 0 Å². The van der Waals surface area contributed by atoms with Crippen molar-refractivity contribution < 1.29 is 18.7 Å². The number of halogens is 1. The largest absolute Gasteiger partial charge is 0.462 e. The highest BCUT2D eigenvalue weighted by molar-refractivity contribution is 5.93.